The molecule has 1 fully saturated rings. The Morgan fingerprint density at radius 3 is 1.53 bits per heavy atom. The monoisotopic (exact) mass is 809 g/mol. The quantitative estimate of drug-likeness (QED) is 0.0270. The molecule has 1 aliphatic rings. The lowest BCUT2D eigenvalue weighted by atomic mass is 9.99. The molecule has 57 heavy (non-hydrogen) atoms. The highest BCUT2D eigenvalue weighted by molar-refractivity contribution is 5.70. The second-order valence-electron chi connectivity index (χ2n) is 15.8. The number of hydrogen-bond donors (Lipinski definition) is 4. The molecule has 0 aromatic heterocycles. The first kappa shape index (κ1) is 52.9. The number of esters is 2. The summed E-state index contributed by atoms with van der Waals surface area (Å²) >= 11 is 0. The van der Waals surface area contributed by atoms with E-state index in [4.69, 9.17) is 18.9 Å². The Balaban J connectivity index is 2.34. The Morgan fingerprint density at radius 1 is 0.544 bits per heavy atom. The van der Waals surface area contributed by atoms with Crippen molar-refractivity contribution in [2.75, 3.05) is 19.8 Å². The minimum atomic E-state index is -1.60. The highest BCUT2D eigenvalue weighted by Crippen LogP contribution is 2.22. The van der Waals surface area contributed by atoms with Gasteiger partial charge in [0.15, 0.2) is 12.4 Å². The van der Waals surface area contributed by atoms with Gasteiger partial charge in [-0.3, -0.25) is 9.59 Å². The van der Waals surface area contributed by atoms with Gasteiger partial charge >= 0.3 is 11.9 Å². The Morgan fingerprint density at radius 2 is 0.982 bits per heavy atom. The van der Waals surface area contributed by atoms with Gasteiger partial charge in [-0.05, 0) is 70.6 Å². The fraction of sp³-hybridized carbons (Fsp3) is 0.830. The van der Waals surface area contributed by atoms with Gasteiger partial charge in [0.25, 0.3) is 0 Å². The first-order chi connectivity index (χ1) is 27.8. The van der Waals surface area contributed by atoms with Crippen LogP contribution in [0.15, 0.2) is 36.5 Å². The second kappa shape index (κ2) is 38.1. The van der Waals surface area contributed by atoms with Crippen molar-refractivity contribution in [2.24, 2.45) is 0 Å². The van der Waals surface area contributed by atoms with Crippen LogP contribution in [0.4, 0.5) is 0 Å². The van der Waals surface area contributed by atoms with E-state index in [9.17, 15) is 30.0 Å². The highest BCUT2D eigenvalue weighted by atomic mass is 16.7. The van der Waals surface area contributed by atoms with E-state index in [1.165, 1.54) is 109 Å². The van der Waals surface area contributed by atoms with E-state index in [0.29, 0.717) is 12.8 Å². The Hall–Kier alpha value is -2.08. The second-order valence-corrected chi connectivity index (χ2v) is 15.8. The summed E-state index contributed by atoms with van der Waals surface area (Å²) in [5.74, 6) is -0.844. The number of aliphatic hydroxyl groups is 4. The predicted octanol–water partition coefficient (Wildman–Crippen LogP) is 9.89. The van der Waals surface area contributed by atoms with Crippen molar-refractivity contribution in [1.82, 2.24) is 0 Å². The first-order valence-electron chi connectivity index (χ1n) is 23.1. The fourth-order valence-electron chi connectivity index (χ4n) is 6.80. The number of carbonyl (C=O) groups is 2. The van der Waals surface area contributed by atoms with Crippen LogP contribution in [0.25, 0.3) is 0 Å². The van der Waals surface area contributed by atoms with E-state index in [1.54, 1.807) is 0 Å². The van der Waals surface area contributed by atoms with Crippen molar-refractivity contribution in [1.29, 1.82) is 0 Å². The maximum absolute atomic E-state index is 12.8. The zero-order valence-electron chi connectivity index (χ0n) is 36.1. The van der Waals surface area contributed by atoms with Crippen LogP contribution in [0.2, 0.25) is 0 Å². The number of allylic oxidation sites excluding steroid dienone is 6. The molecule has 0 saturated carbocycles. The van der Waals surface area contributed by atoms with Gasteiger partial charge in [0.2, 0.25) is 0 Å². The summed E-state index contributed by atoms with van der Waals surface area (Å²) in [6.07, 6.45) is 35.8. The SMILES string of the molecule is CCCCCC/C=C/CCCCCCCCCCCC(=O)O[C@H](COC(=O)CCCC/C=C/C/C=C/CCCCCCCC)CO[C@@H]1O[C@H](CO)[C@H](O)C(O)C1O. The van der Waals surface area contributed by atoms with Gasteiger partial charge in [-0.2, -0.15) is 0 Å². The van der Waals surface area contributed by atoms with Gasteiger partial charge in [0.05, 0.1) is 13.2 Å². The zero-order chi connectivity index (χ0) is 41.6. The minimum Gasteiger partial charge on any atom is -0.462 e. The van der Waals surface area contributed by atoms with Gasteiger partial charge in [-0.15, -0.1) is 0 Å². The van der Waals surface area contributed by atoms with E-state index >= 15 is 0 Å². The van der Waals surface area contributed by atoms with Crippen molar-refractivity contribution < 1.29 is 49.0 Å². The van der Waals surface area contributed by atoms with Crippen LogP contribution in [-0.4, -0.2) is 89.0 Å². The molecule has 332 valence electrons. The molecule has 0 spiro atoms. The summed E-state index contributed by atoms with van der Waals surface area (Å²) in [6.45, 7) is 3.37. The molecule has 1 heterocycles. The van der Waals surface area contributed by atoms with Crippen LogP contribution in [0.5, 0.6) is 0 Å². The third-order valence-electron chi connectivity index (χ3n) is 10.5. The van der Waals surface area contributed by atoms with E-state index in [2.05, 4.69) is 50.3 Å². The molecule has 6 atom stereocenters. The Kier molecular flexibility index (Phi) is 35.4. The average molecular weight is 809 g/mol. The van der Waals surface area contributed by atoms with Gasteiger partial charge in [-0.25, -0.2) is 0 Å². The molecule has 0 radical (unpaired) electrons. The number of aliphatic hydroxyl groups excluding tert-OH is 4. The third kappa shape index (κ3) is 29.7. The van der Waals surface area contributed by atoms with Crippen LogP contribution in [0.3, 0.4) is 0 Å². The molecule has 0 bridgehead atoms. The maximum atomic E-state index is 12.8. The molecule has 10 nitrogen and oxygen atoms in total. The van der Waals surface area contributed by atoms with E-state index < -0.39 is 55.4 Å². The highest BCUT2D eigenvalue weighted by Gasteiger charge is 2.44. The Bertz CT molecular complexity index is 1030. The summed E-state index contributed by atoms with van der Waals surface area (Å²) in [4.78, 5) is 25.3. The maximum Gasteiger partial charge on any atom is 0.306 e. The molecule has 1 rings (SSSR count). The molecule has 1 saturated heterocycles. The van der Waals surface area contributed by atoms with Crippen molar-refractivity contribution in [2.45, 2.75) is 230 Å². The molecule has 10 heteroatoms. The summed E-state index contributed by atoms with van der Waals surface area (Å²) < 4.78 is 22.1. The lowest BCUT2D eigenvalue weighted by molar-refractivity contribution is -0.305. The van der Waals surface area contributed by atoms with Crippen molar-refractivity contribution >= 4 is 11.9 Å². The van der Waals surface area contributed by atoms with Crippen LogP contribution >= 0.6 is 0 Å². The lowest BCUT2D eigenvalue weighted by Gasteiger charge is -2.39. The molecule has 0 aromatic rings. The number of unbranched alkanes of at least 4 members (excludes halogenated alkanes) is 21. The normalized spacial score (nSPS) is 20.6. The molecule has 1 aliphatic heterocycles. The number of hydrogen-bond acceptors (Lipinski definition) is 10. The summed E-state index contributed by atoms with van der Waals surface area (Å²) in [6, 6.07) is 0. The molecule has 2 unspecified atom stereocenters. The van der Waals surface area contributed by atoms with Crippen LogP contribution in [0.1, 0.15) is 194 Å². The number of rotatable bonds is 38. The Labute approximate surface area is 346 Å². The van der Waals surface area contributed by atoms with Crippen LogP contribution in [-0.2, 0) is 28.5 Å². The minimum absolute atomic E-state index is 0.221. The third-order valence-corrected chi connectivity index (χ3v) is 10.5. The van der Waals surface area contributed by atoms with E-state index in [0.717, 1.165) is 44.9 Å². The molecule has 0 amide bonds. The predicted molar refractivity (Wildman–Crippen MR) is 229 cm³/mol. The average Bonchev–Trinajstić information content (AvgIpc) is 3.21. The molecular weight excluding hydrogens is 725 g/mol. The lowest BCUT2D eigenvalue weighted by Crippen LogP contribution is -2.59. The standard InChI is InChI=1S/C47H84O10/c1-3-5-7-9-11-13-15-17-19-20-22-24-26-28-30-32-34-36-43(50)56-40(39-55-47-46(53)45(52)44(51)41(37-48)57-47)38-54-42(49)35-33-31-29-27-25-23-21-18-16-14-12-10-8-6-4-2/h13,15,18,21,25,27,40-41,44-48,51-53H,3-12,14,16-17,19-20,22-24,26,28-39H2,1-2H3/b15-13+,21-18+,27-25+/t40-,41-,44+,45?,46?,47-/m1/s1. The fourth-order valence-corrected chi connectivity index (χ4v) is 6.80. The number of carbonyl (C=O) groups excluding carboxylic acids is 2. The first-order valence-corrected chi connectivity index (χ1v) is 23.1. The van der Waals surface area contributed by atoms with E-state index in [-0.39, 0.29) is 26.1 Å². The van der Waals surface area contributed by atoms with Gasteiger partial charge in [-0.1, -0.05) is 147 Å². The summed E-state index contributed by atoms with van der Waals surface area (Å²) in [5, 5.41) is 40.1. The van der Waals surface area contributed by atoms with Crippen molar-refractivity contribution in [3.63, 3.8) is 0 Å². The van der Waals surface area contributed by atoms with Gasteiger partial charge in [0, 0.05) is 12.8 Å². The van der Waals surface area contributed by atoms with E-state index in [1.807, 2.05) is 0 Å². The molecule has 0 aromatic carbocycles. The van der Waals surface area contributed by atoms with Gasteiger partial charge < -0.3 is 39.4 Å². The largest absolute Gasteiger partial charge is 0.462 e. The van der Waals surface area contributed by atoms with Crippen molar-refractivity contribution in [3.8, 4) is 0 Å². The topological polar surface area (TPSA) is 152 Å². The number of ether oxygens (including phenoxy) is 4. The molecule has 4 N–H and O–H groups in total. The molecular formula is C47H84O10. The molecule has 0 aliphatic carbocycles. The smallest absolute Gasteiger partial charge is 0.306 e. The van der Waals surface area contributed by atoms with Crippen molar-refractivity contribution in [3.05, 3.63) is 36.5 Å². The van der Waals surface area contributed by atoms with Gasteiger partial charge in [0.1, 0.15) is 31.0 Å². The summed E-state index contributed by atoms with van der Waals surface area (Å²) in [7, 11) is 0. The zero-order valence-corrected chi connectivity index (χ0v) is 36.1. The van der Waals surface area contributed by atoms with Crippen LogP contribution in [0, 0.1) is 0 Å². The summed E-state index contributed by atoms with van der Waals surface area (Å²) in [5.41, 5.74) is 0. The van der Waals surface area contributed by atoms with Crippen LogP contribution < -0.4 is 0 Å².